The highest BCUT2D eigenvalue weighted by Crippen LogP contribution is 2.14. The lowest BCUT2D eigenvalue weighted by Gasteiger charge is -2.07. The number of carbonyl (C=O) groups excluding carboxylic acids is 1. The van der Waals surface area contributed by atoms with Crippen molar-refractivity contribution in [2.45, 2.75) is 39.5 Å². The van der Waals surface area contributed by atoms with Gasteiger partial charge >= 0.3 is 0 Å². The molecule has 0 N–H and O–H groups in total. The van der Waals surface area contributed by atoms with Crippen LogP contribution in [0.5, 0.6) is 0 Å². The van der Waals surface area contributed by atoms with E-state index in [0.717, 1.165) is 6.42 Å². The summed E-state index contributed by atoms with van der Waals surface area (Å²) in [6, 6.07) is 1.73. The molecule has 1 heterocycles. The Balaban J connectivity index is 2.28. The third-order valence-corrected chi connectivity index (χ3v) is 2.49. The van der Waals surface area contributed by atoms with Gasteiger partial charge in [0, 0.05) is 6.42 Å². The first-order chi connectivity index (χ1) is 6.74. The Morgan fingerprint density at radius 3 is 2.86 bits per heavy atom. The van der Waals surface area contributed by atoms with E-state index in [1.54, 1.807) is 12.3 Å². The summed E-state index contributed by atoms with van der Waals surface area (Å²) in [6.45, 7) is 4.38. The molecule has 0 saturated carbocycles. The Labute approximate surface area is 85.3 Å². The second-order valence-corrected chi connectivity index (χ2v) is 3.87. The molecular weight excluding hydrogens is 176 g/mol. The van der Waals surface area contributed by atoms with Crippen molar-refractivity contribution in [1.29, 1.82) is 0 Å². The first kappa shape index (κ1) is 11.0. The van der Waals surface area contributed by atoms with Crippen molar-refractivity contribution in [2.75, 3.05) is 0 Å². The van der Waals surface area contributed by atoms with Crippen molar-refractivity contribution in [1.82, 2.24) is 0 Å². The molecule has 0 bridgehead atoms. The third kappa shape index (κ3) is 3.36. The summed E-state index contributed by atoms with van der Waals surface area (Å²) in [7, 11) is 0. The van der Waals surface area contributed by atoms with E-state index in [4.69, 9.17) is 4.42 Å². The molecule has 0 radical (unpaired) electrons. The molecule has 0 saturated heterocycles. The van der Waals surface area contributed by atoms with E-state index < -0.39 is 0 Å². The summed E-state index contributed by atoms with van der Waals surface area (Å²) < 4.78 is 4.87. The molecule has 2 nitrogen and oxygen atoms in total. The smallest absolute Gasteiger partial charge is 0.166 e. The average molecular weight is 194 g/mol. The summed E-state index contributed by atoms with van der Waals surface area (Å²) in [6.07, 6.45) is 7.09. The predicted octanol–water partition coefficient (Wildman–Crippen LogP) is 3.68. The first-order valence-electron chi connectivity index (χ1n) is 5.29. The average Bonchev–Trinajstić information content (AvgIpc) is 2.67. The second kappa shape index (κ2) is 5.63. The molecule has 0 aromatic carbocycles. The van der Waals surface area contributed by atoms with Crippen molar-refractivity contribution in [3.8, 4) is 0 Å². The molecule has 0 aliphatic carbocycles. The Morgan fingerprint density at radius 2 is 2.29 bits per heavy atom. The van der Waals surface area contributed by atoms with Gasteiger partial charge in [-0.1, -0.05) is 26.7 Å². The van der Waals surface area contributed by atoms with E-state index in [9.17, 15) is 4.79 Å². The monoisotopic (exact) mass is 194 g/mol. The van der Waals surface area contributed by atoms with Gasteiger partial charge in [-0.05, 0) is 18.4 Å². The molecule has 1 rings (SSSR count). The normalized spacial score (nSPS) is 12.7. The Bertz CT molecular complexity index is 262. The molecule has 78 valence electrons. The molecule has 1 atom stereocenters. The minimum atomic E-state index is 0.196. The van der Waals surface area contributed by atoms with Crippen LogP contribution >= 0.6 is 0 Å². The molecule has 0 aliphatic rings. The van der Waals surface area contributed by atoms with Crippen LogP contribution in [0.3, 0.4) is 0 Å². The van der Waals surface area contributed by atoms with Gasteiger partial charge < -0.3 is 4.42 Å². The first-order valence-corrected chi connectivity index (χ1v) is 5.29. The highest BCUT2D eigenvalue weighted by atomic mass is 16.3. The maximum atomic E-state index is 11.6. The van der Waals surface area contributed by atoms with Gasteiger partial charge in [-0.2, -0.15) is 0 Å². The zero-order valence-electron chi connectivity index (χ0n) is 8.95. The lowest BCUT2D eigenvalue weighted by Crippen LogP contribution is -2.01. The lowest BCUT2D eigenvalue weighted by molar-refractivity contribution is 0.0973. The molecule has 1 unspecified atom stereocenters. The van der Waals surface area contributed by atoms with Crippen molar-refractivity contribution in [3.63, 3.8) is 0 Å². The standard InChI is InChI=1S/C12H18O2/c1-3-4-10(2)5-6-12(13)11-7-8-14-9-11/h7-10H,3-6H2,1-2H3. The fourth-order valence-corrected chi connectivity index (χ4v) is 1.58. The molecule has 2 heteroatoms. The zero-order valence-corrected chi connectivity index (χ0v) is 8.95. The molecule has 0 amide bonds. The van der Waals surface area contributed by atoms with Gasteiger partial charge in [-0.3, -0.25) is 4.79 Å². The highest BCUT2D eigenvalue weighted by molar-refractivity contribution is 5.95. The Kier molecular flexibility index (Phi) is 4.44. The Hall–Kier alpha value is -1.05. The van der Waals surface area contributed by atoms with Crippen molar-refractivity contribution in [2.24, 2.45) is 5.92 Å². The van der Waals surface area contributed by atoms with E-state index >= 15 is 0 Å². The molecular formula is C12H18O2. The topological polar surface area (TPSA) is 30.2 Å². The van der Waals surface area contributed by atoms with Gasteiger partial charge in [0.25, 0.3) is 0 Å². The summed E-state index contributed by atoms with van der Waals surface area (Å²) in [4.78, 5) is 11.6. The van der Waals surface area contributed by atoms with E-state index in [-0.39, 0.29) is 5.78 Å². The molecule has 1 aromatic rings. The SMILES string of the molecule is CCCC(C)CCC(=O)c1ccoc1. The predicted molar refractivity (Wildman–Crippen MR) is 56.3 cm³/mol. The van der Waals surface area contributed by atoms with Gasteiger partial charge in [-0.15, -0.1) is 0 Å². The van der Waals surface area contributed by atoms with Crippen LogP contribution in [0.1, 0.15) is 49.9 Å². The molecule has 14 heavy (non-hydrogen) atoms. The lowest BCUT2D eigenvalue weighted by atomic mass is 9.97. The minimum Gasteiger partial charge on any atom is -0.472 e. The van der Waals surface area contributed by atoms with Crippen LogP contribution in [0.25, 0.3) is 0 Å². The van der Waals surface area contributed by atoms with E-state index in [1.165, 1.54) is 19.1 Å². The minimum absolute atomic E-state index is 0.196. The van der Waals surface area contributed by atoms with E-state index in [0.29, 0.717) is 17.9 Å². The number of furan rings is 1. The van der Waals surface area contributed by atoms with E-state index in [2.05, 4.69) is 13.8 Å². The molecule has 1 aromatic heterocycles. The molecule has 0 spiro atoms. The summed E-state index contributed by atoms with van der Waals surface area (Å²) in [5, 5.41) is 0. The van der Waals surface area contributed by atoms with Gasteiger partial charge in [0.1, 0.15) is 6.26 Å². The van der Waals surface area contributed by atoms with Gasteiger partial charge in [0.2, 0.25) is 0 Å². The third-order valence-electron chi connectivity index (χ3n) is 2.49. The zero-order chi connectivity index (χ0) is 10.4. The number of ketones is 1. The van der Waals surface area contributed by atoms with E-state index in [1.807, 2.05) is 0 Å². The maximum Gasteiger partial charge on any atom is 0.166 e. The fourth-order valence-electron chi connectivity index (χ4n) is 1.58. The number of hydrogen-bond donors (Lipinski definition) is 0. The maximum absolute atomic E-state index is 11.6. The van der Waals surface area contributed by atoms with Crippen molar-refractivity contribution < 1.29 is 9.21 Å². The van der Waals surface area contributed by atoms with Crippen LogP contribution < -0.4 is 0 Å². The van der Waals surface area contributed by atoms with Crippen LogP contribution in [0, 0.1) is 5.92 Å². The number of rotatable bonds is 6. The number of carbonyl (C=O) groups is 1. The number of Topliss-reactive ketones (excluding diaryl/α,β-unsaturated/α-hetero) is 1. The Morgan fingerprint density at radius 1 is 1.50 bits per heavy atom. The quantitative estimate of drug-likeness (QED) is 0.647. The van der Waals surface area contributed by atoms with Gasteiger partial charge in [0.15, 0.2) is 5.78 Å². The summed E-state index contributed by atoms with van der Waals surface area (Å²) in [5.74, 6) is 0.845. The van der Waals surface area contributed by atoms with Crippen molar-refractivity contribution >= 4 is 5.78 Å². The second-order valence-electron chi connectivity index (χ2n) is 3.87. The van der Waals surface area contributed by atoms with Crippen LogP contribution in [-0.2, 0) is 0 Å². The largest absolute Gasteiger partial charge is 0.472 e. The summed E-state index contributed by atoms with van der Waals surface area (Å²) in [5.41, 5.74) is 0.702. The molecule has 0 fully saturated rings. The number of hydrogen-bond acceptors (Lipinski definition) is 2. The molecule has 0 aliphatic heterocycles. The van der Waals surface area contributed by atoms with Crippen LogP contribution in [0.2, 0.25) is 0 Å². The fraction of sp³-hybridized carbons (Fsp3) is 0.583. The van der Waals surface area contributed by atoms with Gasteiger partial charge in [-0.25, -0.2) is 0 Å². The van der Waals surface area contributed by atoms with Crippen LogP contribution in [0.15, 0.2) is 23.0 Å². The van der Waals surface area contributed by atoms with Crippen molar-refractivity contribution in [3.05, 3.63) is 24.2 Å². The highest BCUT2D eigenvalue weighted by Gasteiger charge is 2.09. The van der Waals surface area contributed by atoms with Crippen LogP contribution in [0.4, 0.5) is 0 Å². The van der Waals surface area contributed by atoms with Crippen LogP contribution in [-0.4, -0.2) is 5.78 Å². The summed E-state index contributed by atoms with van der Waals surface area (Å²) >= 11 is 0. The van der Waals surface area contributed by atoms with Gasteiger partial charge in [0.05, 0.1) is 11.8 Å².